The van der Waals surface area contributed by atoms with Crippen LogP contribution in [0.15, 0.2) is 18.3 Å². The average Bonchev–Trinajstić information content (AvgIpc) is 2.46. The second kappa shape index (κ2) is 6.52. The van der Waals surface area contributed by atoms with Gasteiger partial charge in [0.1, 0.15) is 5.82 Å². The first-order valence-corrected chi connectivity index (χ1v) is 6.78. The summed E-state index contributed by atoms with van der Waals surface area (Å²) in [7, 11) is 3.92. The highest BCUT2D eigenvalue weighted by molar-refractivity contribution is 5.78. The van der Waals surface area contributed by atoms with E-state index in [1.165, 1.54) is 0 Å². The Morgan fingerprint density at radius 3 is 2.89 bits per heavy atom. The fourth-order valence-electron chi connectivity index (χ4n) is 2.38. The normalized spacial score (nSPS) is 16.1. The van der Waals surface area contributed by atoms with Gasteiger partial charge in [-0.15, -0.1) is 0 Å². The smallest absolute Gasteiger partial charge is 0.223 e. The molecular weight excluding hydrogens is 240 g/mol. The standard InChI is InChI=1S/C14H22N4O/c1-18(2)13-12(4-3-7-16-13)10-17-14(19)11-5-8-15-9-6-11/h3-4,7,11,15H,5-6,8-10H2,1-2H3,(H,17,19). The van der Waals surface area contributed by atoms with E-state index in [0.29, 0.717) is 6.54 Å². The lowest BCUT2D eigenvalue weighted by molar-refractivity contribution is -0.125. The molecule has 1 aromatic heterocycles. The van der Waals surface area contributed by atoms with Crippen molar-refractivity contribution in [1.82, 2.24) is 15.6 Å². The van der Waals surface area contributed by atoms with Gasteiger partial charge in [-0.3, -0.25) is 4.79 Å². The SMILES string of the molecule is CN(C)c1ncccc1CNC(=O)C1CCNCC1. The van der Waals surface area contributed by atoms with E-state index in [1.807, 2.05) is 31.1 Å². The van der Waals surface area contributed by atoms with Gasteiger partial charge >= 0.3 is 0 Å². The summed E-state index contributed by atoms with van der Waals surface area (Å²) in [6.45, 7) is 2.42. The number of aromatic nitrogens is 1. The number of nitrogens with one attached hydrogen (secondary N) is 2. The van der Waals surface area contributed by atoms with Gasteiger partial charge in [0, 0.05) is 38.3 Å². The molecule has 0 aromatic carbocycles. The first-order chi connectivity index (χ1) is 9.18. The Hall–Kier alpha value is -1.62. The highest BCUT2D eigenvalue weighted by Crippen LogP contribution is 2.15. The minimum Gasteiger partial charge on any atom is -0.362 e. The summed E-state index contributed by atoms with van der Waals surface area (Å²) in [6, 6.07) is 3.91. The first kappa shape index (κ1) is 13.8. The number of carbonyl (C=O) groups is 1. The number of nitrogens with zero attached hydrogens (tertiary/aromatic N) is 2. The molecule has 1 fully saturated rings. The minimum absolute atomic E-state index is 0.153. The van der Waals surface area contributed by atoms with Crippen LogP contribution < -0.4 is 15.5 Å². The van der Waals surface area contributed by atoms with Crippen molar-refractivity contribution in [1.29, 1.82) is 0 Å². The molecule has 0 unspecified atom stereocenters. The average molecular weight is 262 g/mol. The van der Waals surface area contributed by atoms with Crippen LogP contribution in [0.4, 0.5) is 5.82 Å². The Bertz CT molecular complexity index is 427. The van der Waals surface area contributed by atoms with E-state index in [4.69, 9.17) is 0 Å². The molecule has 0 atom stereocenters. The van der Waals surface area contributed by atoms with Gasteiger partial charge in [-0.25, -0.2) is 4.98 Å². The molecule has 0 bridgehead atoms. The van der Waals surface area contributed by atoms with Crippen molar-refractivity contribution in [2.45, 2.75) is 19.4 Å². The van der Waals surface area contributed by atoms with Crippen LogP contribution in [0.5, 0.6) is 0 Å². The summed E-state index contributed by atoms with van der Waals surface area (Å²) in [5.41, 5.74) is 1.05. The summed E-state index contributed by atoms with van der Waals surface area (Å²) in [5, 5.41) is 6.30. The van der Waals surface area contributed by atoms with E-state index in [2.05, 4.69) is 15.6 Å². The highest BCUT2D eigenvalue weighted by atomic mass is 16.1. The molecule has 2 heterocycles. The van der Waals surface area contributed by atoms with E-state index in [0.717, 1.165) is 37.3 Å². The third-order valence-corrected chi connectivity index (χ3v) is 3.45. The van der Waals surface area contributed by atoms with Gasteiger partial charge in [0.05, 0.1) is 0 Å². The molecule has 5 nitrogen and oxygen atoms in total. The lowest BCUT2D eigenvalue weighted by Crippen LogP contribution is -2.38. The molecule has 1 aliphatic rings. The van der Waals surface area contributed by atoms with Gasteiger partial charge in [0.2, 0.25) is 5.91 Å². The summed E-state index contributed by atoms with van der Waals surface area (Å²) in [5.74, 6) is 1.23. The Morgan fingerprint density at radius 2 is 2.21 bits per heavy atom. The predicted molar refractivity (Wildman–Crippen MR) is 76.0 cm³/mol. The number of hydrogen-bond acceptors (Lipinski definition) is 4. The molecule has 19 heavy (non-hydrogen) atoms. The predicted octanol–water partition coefficient (Wildman–Crippen LogP) is 0.763. The number of carbonyl (C=O) groups excluding carboxylic acids is 1. The van der Waals surface area contributed by atoms with Crippen molar-refractivity contribution in [3.8, 4) is 0 Å². The molecule has 5 heteroatoms. The van der Waals surface area contributed by atoms with Crippen LogP contribution >= 0.6 is 0 Å². The maximum atomic E-state index is 12.1. The first-order valence-electron chi connectivity index (χ1n) is 6.78. The summed E-state index contributed by atoms with van der Waals surface area (Å²) >= 11 is 0. The quantitative estimate of drug-likeness (QED) is 0.841. The van der Waals surface area contributed by atoms with Crippen LogP contribution in [0.3, 0.4) is 0 Å². The Kier molecular flexibility index (Phi) is 4.74. The number of pyridine rings is 1. The van der Waals surface area contributed by atoms with Crippen molar-refractivity contribution in [2.75, 3.05) is 32.1 Å². The Balaban J connectivity index is 1.93. The second-order valence-electron chi connectivity index (χ2n) is 5.12. The highest BCUT2D eigenvalue weighted by Gasteiger charge is 2.20. The van der Waals surface area contributed by atoms with Crippen LogP contribution in [0.2, 0.25) is 0 Å². The molecule has 0 aliphatic carbocycles. The third kappa shape index (κ3) is 3.67. The van der Waals surface area contributed by atoms with Crippen molar-refractivity contribution in [3.05, 3.63) is 23.9 Å². The summed E-state index contributed by atoms with van der Waals surface area (Å²) < 4.78 is 0. The van der Waals surface area contributed by atoms with E-state index >= 15 is 0 Å². The molecule has 0 saturated carbocycles. The van der Waals surface area contributed by atoms with E-state index in [9.17, 15) is 4.79 Å². The van der Waals surface area contributed by atoms with Crippen LogP contribution in [0.25, 0.3) is 0 Å². The lowest BCUT2D eigenvalue weighted by Gasteiger charge is -2.22. The molecule has 0 radical (unpaired) electrons. The summed E-state index contributed by atoms with van der Waals surface area (Å²) in [6.07, 6.45) is 3.63. The van der Waals surface area contributed by atoms with Crippen molar-refractivity contribution in [3.63, 3.8) is 0 Å². The number of anilines is 1. The molecule has 2 rings (SSSR count). The molecule has 104 valence electrons. The monoisotopic (exact) mass is 262 g/mol. The number of piperidine rings is 1. The largest absolute Gasteiger partial charge is 0.362 e. The third-order valence-electron chi connectivity index (χ3n) is 3.45. The van der Waals surface area contributed by atoms with E-state index in [1.54, 1.807) is 6.20 Å². The zero-order chi connectivity index (χ0) is 13.7. The fourth-order valence-corrected chi connectivity index (χ4v) is 2.38. The van der Waals surface area contributed by atoms with Gasteiger partial charge in [-0.05, 0) is 32.0 Å². The number of hydrogen-bond donors (Lipinski definition) is 2. The molecule has 1 saturated heterocycles. The maximum Gasteiger partial charge on any atom is 0.223 e. The maximum absolute atomic E-state index is 12.1. The van der Waals surface area contributed by atoms with Crippen molar-refractivity contribution in [2.24, 2.45) is 5.92 Å². The Morgan fingerprint density at radius 1 is 1.47 bits per heavy atom. The number of amides is 1. The van der Waals surface area contributed by atoms with Crippen molar-refractivity contribution >= 4 is 11.7 Å². The molecule has 1 aromatic rings. The van der Waals surface area contributed by atoms with Crippen LogP contribution in [-0.4, -0.2) is 38.1 Å². The lowest BCUT2D eigenvalue weighted by atomic mass is 9.97. The van der Waals surface area contributed by atoms with Gasteiger partial charge in [0.25, 0.3) is 0 Å². The molecule has 2 N–H and O–H groups in total. The van der Waals surface area contributed by atoms with Crippen LogP contribution in [0, 0.1) is 5.92 Å². The zero-order valence-electron chi connectivity index (χ0n) is 11.6. The van der Waals surface area contributed by atoms with E-state index < -0.39 is 0 Å². The molecule has 1 amide bonds. The van der Waals surface area contributed by atoms with Gasteiger partial charge in [-0.2, -0.15) is 0 Å². The Labute approximate surface area is 114 Å². The topological polar surface area (TPSA) is 57.3 Å². The molecular formula is C14H22N4O. The molecule has 0 spiro atoms. The fraction of sp³-hybridized carbons (Fsp3) is 0.571. The van der Waals surface area contributed by atoms with Gasteiger partial charge in [-0.1, -0.05) is 6.07 Å². The van der Waals surface area contributed by atoms with E-state index in [-0.39, 0.29) is 11.8 Å². The second-order valence-corrected chi connectivity index (χ2v) is 5.12. The van der Waals surface area contributed by atoms with Crippen LogP contribution in [-0.2, 0) is 11.3 Å². The minimum atomic E-state index is 0.153. The number of rotatable bonds is 4. The van der Waals surface area contributed by atoms with Gasteiger partial charge in [0.15, 0.2) is 0 Å². The van der Waals surface area contributed by atoms with Crippen LogP contribution in [0.1, 0.15) is 18.4 Å². The molecule has 1 aliphatic heterocycles. The summed E-state index contributed by atoms with van der Waals surface area (Å²) in [4.78, 5) is 18.4. The van der Waals surface area contributed by atoms with Crippen molar-refractivity contribution < 1.29 is 4.79 Å². The van der Waals surface area contributed by atoms with Gasteiger partial charge < -0.3 is 15.5 Å². The zero-order valence-corrected chi connectivity index (χ0v) is 11.6.